The maximum Gasteiger partial charge on any atom is 0.335 e. The van der Waals surface area contributed by atoms with Gasteiger partial charge in [0.15, 0.2) is 9.84 Å². The van der Waals surface area contributed by atoms with Crippen LogP contribution in [0.4, 0.5) is 11.4 Å². The van der Waals surface area contributed by atoms with Crippen molar-refractivity contribution in [1.82, 2.24) is 0 Å². The third-order valence-electron chi connectivity index (χ3n) is 10.9. The van der Waals surface area contributed by atoms with E-state index in [1.54, 1.807) is 0 Å². The van der Waals surface area contributed by atoms with Crippen LogP contribution >= 0.6 is 23.2 Å². The van der Waals surface area contributed by atoms with Gasteiger partial charge < -0.3 is 33.9 Å². The number of aryl methyl sites for hydroxylation is 1. The number of anilines is 2. The minimum Gasteiger partial charge on any atom is -0.478 e. The van der Waals surface area contributed by atoms with E-state index in [4.69, 9.17) is 47.3 Å². The van der Waals surface area contributed by atoms with Crippen molar-refractivity contribution in [1.29, 1.82) is 0 Å². The van der Waals surface area contributed by atoms with E-state index in [2.05, 4.69) is 11.0 Å². The number of Topliss-reactive ketones (excluding diaryl/α,β-unsaturated/α-hetero) is 1. The fourth-order valence-corrected chi connectivity index (χ4v) is 9.04. The Morgan fingerprint density at radius 2 is 1.36 bits per heavy atom. The molecule has 6 rings (SSSR count). The standard InChI is InChI=1S/C44H54Cl2N2O10S/c45-38-30-34(31-58-44(18-19-44)43(52)48-21-20-47(35-14-15-35)40-10-3-4-11-41(40)48)39(46)29-33(38)7-1-2-8-36(49)9-5-22-55-24-26-57-27-25-56-23-6-28-59(53,54)37-16-12-32(13-17-37)42(50)51/h3-4,10-13,16-17,29-30,35H,1-2,5-9,14-15,18-28,31H2,(H,50,51). The number of halogens is 2. The highest BCUT2D eigenvalue weighted by Gasteiger charge is 2.54. The molecule has 3 aromatic carbocycles. The first-order valence-corrected chi connectivity index (χ1v) is 23.0. The number of benzene rings is 3. The van der Waals surface area contributed by atoms with Gasteiger partial charge >= 0.3 is 5.97 Å². The molecule has 2 fully saturated rings. The van der Waals surface area contributed by atoms with Crippen molar-refractivity contribution < 1.29 is 46.9 Å². The second kappa shape index (κ2) is 21.3. The summed E-state index contributed by atoms with van der Waals surface area (Å²) in [5, 5.41) is 10.1. The predicted molar refractivity (Wildman–Crippen MR) is 227 cm³/mol. The molecule has 3 aromatic rings. The summed E-state index contributed by atoms with van der Waals surface area (Å²) in [6.45, 7) is 3.84. The zero-order chi connectivity index (χ0) is 41.8. The second-order valence-corrected chi connectivity index (χ2v) is 18.3. The lowest BCUT2D eigenvalue weighted by Gasteiger charge is -2.39. The Kier molecular flexibility index (Phi) is 16.2. The van der Waals surface area contributed by atoms with Crippen LogP contribution in [0.5, 0.6) is 0 Å². The molecule has 0 aromatic heterocycles. The maximum atomic E-state index is 13.8. The van der Waals surface area contributed by atoms with Crippen molar-refractivity contribution in [2.45, 2.75) is 93.8 Å². The number of carboxylic acid groups (broad SMARTS) is 1. The average Bonchev–Trinajstić information content (AvgIpc) is 4.18. The summed E-state index contributed by atoms with van der Waals surface area (Å²) in [6.07, 6.45) is 7.90. The number of sulfone groups is 1. The molecule has 3 aliphatic rings. The van der Waals surface area contributed by atoms with Gasteiger partial charge in [-0.15, -0.1) is 0 Å². The molecule has 0 atom stereocenters. The van der Waals surface area contributed by atoms with Crippen LogP contribution in [0.2, 0.25) is 10.0 Å². The molecule has 59 heavy (non-hydrogen) atoms. The molecule has 15 heteroatoms. The highest BCUT2D eigenvalue weighted by Crippen LogP contribution is 2.46. The molecule has 1 N–H and O–H groups in total. The number of rotatable bonds is 26. The van der Waals surface area contributed by atoms with Gasteiger partial charge in [0, 0.05) is 55.2 Å². The number of carbonyl (C=O) groups is 3. The highest BCUT2D eigenvalue weighted by atomic mass is 35.5. The van der Waals surface area contributed by atoms with Crippen LogP contribution in [0, 0.1) is 0 Å². The van der Waals surface area contributed by atoms with Crippen LogP contribution in [-0.2, 0) is 51.4 Å². The third kappa shape index (κ3) is 12.7. The van der Waals surface area contributed by atoms with Gasteiger partial charge in [0.25, 0.3) is 5.91 Å². The fraction of sp³-hybridized carbons (Fsp3) is 0.523. The first-order chi connectivity index (χ1) is 28.5. The number of para-hydroxylation sites is 2. The van der Waals surface area contributed by atoms with Crippen molar-refractivity contribution >= 4 is 62.1 Å². The summed E-state index contributed by atoms with van der Waals surface area (Å²) in [5.74, 6) is -1.00. The molecule has 0 unspecified atom stereocenters. The summed E-state index contributed by atoms with van der Waals surface area (Å²) in [7, 11) is -3.52. The molecule has 1 heterocycles. The smallest absolute Gasteiger partial charge is 0.335 e. The van der Waals surface area contributed by atoms with E-state index in [9.17, 15) is 22.8 Å². The van der Waals surface area contributed by atoms with Gasteiger partial charge in [-0.2, -0.15) is 0 Å². The molecular formula is C44H54Cl2N2O10S. The molecule has 2 aliphatic carbocycles. The molecule has 320 valence electrons. The van der Waals surface area contributed by atoms with Crippen LogP contribution in [0.25, 0.3) is 0 Å². The molecule has 2 saturated carbocycles. The zero-order valence-electron chi connectivity index (χ0n) is 33.4. The Morgan fingerprint density at radius 3 is 2.02 bits per heavy atom. The van der Waals surface area contributed by atoms with Gasteiger partial charge in [-0.3, -0.25) is 9.59 Å². The Labute approximate surface area is 357 Å². The van der Waals surface area contributed by atoms with E-state index in [0.29, 0.717) is 101 Å². The molecule has 12 nitrogen and oxygen atoms in total. The number of aromatic carboxylic acids is 1. The van der Waals surface area contributed by atoms with Crippen LogP contribution in [0.3, 0.4) is 0 Å². The van der Waals surface area contributed by atoms with Crippen LogP contribution < -0.4 is 9.80 Å². The number of ketones is 1. The lowest BCUT2D eigenvalue weighted by molar-refractivity contribution is -0.134. The van der Waals surface area contributed by atoms with Crippen molar-refractivity contribution in [2.75, 3.05) is 68.3 Å². The number of hydrogen-bond donors (Lipinski definition) is 1. The quantitative estimate of drug-likeness (QED) is 0.0790. The van der Waals surface area contributed by atoms with Gasteiger partial charge in [-0.1, -0.05) is 35.3 Å². The number of ether oxygens (including phenoxy) is 4. The Bertz CT molecular complexity index is 2020. The van der Waals surface area contributed by atoms with Crippen molar-refractivity contribution in [3.63, 3.8) is 0 Å². The first kappa shape index (κ1) is 45.0. The number of carbonyl (C=O) groups excluding carboxylic acids is 2. The van der Waals surface area contributed by atoms with E-state index in [0.717, 1.165) is 41.9 Å². The zero-order valence-corrected chi connectivity index (χ0v) is 35.7. The third-order valence-corrected chi connectivity index (χ3v) is 13.4. The molecule has 0 radical (unpaired) electrons. The lowest BCUT2D eigenvalue weighted by Crippen LogP contribution is -2.49. The van der Waals surface area contributed by atoms with E-state index in [1.165, 1.54) is 37.1 Å². The monoisotopic (exact) mass is 872 g/mol. The number of unbranched alkanes of at least 4 members (excludes halogenated alkanes) is 1. The fourth-order valence-electron chi connectivity index (χ4n) is 7.24. The van der Waals surface area contributed by atoms with Crippen LogP contribution in [0.1, 0.15) is 85.7 Å². The summed E-state index contributed by atoms with van der Waals surface area (Å²) in [5.41, 5.74) is 2.96. The normalized spacial score (nSPS) is 15.9. The average molecular weight is 874 g/mol. The Hall–Kier alpha value is -3.56. The van der Waals surface area contributed by atoms with Gasteiger partial charge in [0.2, 0.25) is 0 Å². The second-order valence-electron chi connectivity index (χ2n) is 15.4. The number of nitrogens with zero attached hydrogens (tertiary/aromatic N) is 2. The van der Waals surface area contributed by atoms with Gasteiger partial charge in [0.05, 0.1) is 60.6 Å². The number of amides is 1. The Morgan fingerprint density at radius 1 is 0.746 bits per heavy atom. The summed E-state index contributed by atoms with van der Waals surface area (Å²) < 4.78 is 47.6. The van der Waals surface area contributed by atoms with Crippen molar-refractivity contribution in [3.05, 3.63) is 87.4 Å². The van der Waals surface area contributed by atoms with Gasteiger partial charge in [-0.25, -0.2) is 13.2 Å². The van der Waals surface area contributed by atoms with Gasteiger partial charge in [-0.05, 0) is 117 Å². The first-order valence-electron chi connectivity index (χ1n) is 20.6. The van der Waals surface area contributed by atoms with E-state index in [-0.39, 0.29) is 41.1 Å². The summed E-state index contributed by atoms with van der Waals surface area (Å²) >= 11 is 13.4. The minimum atomic E-state index is -3.52. The van der Waals surface area contributed by atoms with E-state index in [1.807, 2.05) is 35.2 Å². The molecule has 1 aliphatic heterocycles. The maximum absolute atomic E-state index is 13.8. The molecule has 0 bridgehead atoms. The highest BCUT2D eigenvalue weighted by molar-refractivity contribution is 7.91. The summed E-state index contributed by atoms with van der Waals surface area (Å²) in [4.78, 5) is 41.7. The van der Waals surface area contributed by atoms with Crippen LogP contribution in [-0.4, -0.2) is 101 Å². The number of hydrogen-bond acceptors (Lipinski definition) is 10. The minimum absolute atomic E-state index is 0.0151. The number of carboxylic acids is 1. The lowest BCUT2D eigenvalue weighted by atomic mass is 10.0. The SMILES string of the molecule is O=C(CCCCc1cc(Cl)c(COC2(C(=O)N3CCN(C4CC4)c4ccccc43)CC2)cc1Cl)CCCOCCOCCOCCCS(=O)(=O)c1ccc(C(=O)O)cc1. The molecule has 0 spiro atoms. The van der Waals surface area contributed by atoms with Gasteiger partial charge in [0.1, 0.15) is 11.4 Å². The topological polar surface area (TPSA) is 149 Å². The van der Waals surface area contributed by atoms with E-state index < -0.39 is 21.4 Å². The molecular weight excluding hydrogens is 819 g/mol. The predicted octanol–water partition coefficient (Wildman–Crippen LogP) is 7.73. The molecule has 0 saturated heterocycles. The summed E-state index contributed by atoms with van der Waals surface area (Å²) in [6, 6.07) is 17.6. The number of fused-ring (bicyclic) bond motifs is 1. The van der Waals surface area contributed by atoms with Crippen molar-refractivity contribution in [2.24, 2.45) is 0 Å². The van der Waals surface area contributed by atoms with E-state index >= 15 is 0 Å². The largest absolute Gasteiger partial charge is 0.478 e. The molecule has 1 amide bonds. The van der Waals surface area contributed by atoms with Crippen LogP contribution in [0.15, 0.2) is 65.6 Å². The Balaban J connectivity index is 0.778. The van der Waals surface area contributed by atoms with Crippen molar-refractivity contribution in [3.8, 4) is 0 Å².